The highest BCUT2D eigenvalue weighted by atomic mass is 35.5. The number of halogens is 2. The van der Waals surface area contributed by atoms with Gasteiger partial charge in [-0.3, -0.25) is 4.99 Å². The third-order valence-corrected chi connectivity index (χ3v) is 4.50. The molecule has 3 nitrogen and oxygen atoms in total. The molecule has 6 heteroatoms. The summed E-state index contributed by atoms with van der Waals surface area (Å²) in [7, 11) is 1.68. The third kappa shape index (κ3) is 3.25. The highest BCUT2D eigenvalue weighted by Crippen LogP contribution is 2.23. The van der Waals surface area contributed by atoms with Crippen LogP contribution in [0.1, 0.15) is 5.56 Å². The smallest absolute Gasteiger partial charge is 0.205 e. The van der Waals surface area contributed by atoms with Crippen LogP contribution in [0.3, 0.4) is 0 Å². The van der Waals surface area contributed by atoms with Crippen molar-refractivity contribution in [2.75, 3.05) is 7.05 Å². The SMILES string of the molecule is CN=c1scc(-c2ccccc2F)n1N=Cc1ccccc1Cl. The summed E-state index contributed by atoms with van der Waals surface area (Å²) < 4.78 is 15.7. The molecule has 1 aromatic heterocycles. The minimum absolute atomic E-state index is 0.297. The predicted octanol–water partition coefficient (Wildman–Crippen LogP) is 4.42. The van der Waals surface area contributed by atoms with E-state index in [0.717, 1.165) is 5.56 Å². The van der Waals surface area contributed by atoms with Crippen LogP contribution in [0, 0.1) is 5.82 Å². The maximum absolute atomic E-state index is 14.1. The van der Waals surface area contributed by atoms with E-state index in [1.807, 2.05) is 23.6 Å². The normalized spacial score (nSPS) is 12.2. The zero-order chi connectivity index (χ0) is 16.2. The van der Waals surface area contributed by atoms with Crippen molar-refractivity contribution in [3.63, 3.8) is 0 Å². The molecule has 3 aromatic rings. The lowest BCUT2D eigenvalue weighted by molar-refractivity contribution is 0.629. The van der Waals surface area contributed by atoms with E-state index < -0.39 is 0 Å². The molecule has 0 fully saturated rings. The average molecular weight is 346 g/mol. The van der Waals surface area contributed by atoms with E-state index in [4.69, 9.17) is 11.6 Å². The van der Waals surface area contributed by atoms with E-state index in [9.17, 15) is 4.39 Å². The van der Waals surface area contributed by atoms with Crippen molar-refractivity contribution in [2.45, 2.75) is 0 Å². The van der Waals surface area contributed by atoms with Crippen LogP contribution >= 0.6 is 22.9 Å². The van der Waals surface area contributed by atoms with Crippen LogP contribution in [0.5, 0.6) is 0 Å². The molecule has 0 bridgehead atoms. The summed E-state index contributed by atoms with van der Waals surface area (Å²) in [5.74, 6) is -0.297. The van der Waals surface area contributed by atoms with Crippen molar-refractivity contribution in [1.82, 2.24) is 4.68 Å². The van der Waals surface area contributed by atoms with Gasteiger partial charge in [-0.2, -0.15) is 5.10 Å². The van der Waals surface area contributed by atoms with Crippen LogP contribution in [-0.2, 0) is 0 Å². The molecule has 0 amide bonds. The second kappa shape index (κ2) is 6.89. The second-order valence-corrected chi connectivity index (χ2v) is 5.93. The zero-order valence-electron chi connectivity index (χ0n) is 12.3. The lowest BCUT2D eigenvalue weighted by Gasteiger charge is -2.04. The molecule has 1 heterocycles. The molecule has 0 atom stereocenters. The molecule has 3 rings (SSSR count). The summed E-state index contributed by atoms with van der Waals surface area (Å²) in [6.07, 6.45) is 1.65. The molecular weight excluding hydrogens is 333 g/mol. The summed E-state index contributed by atoms with van der Waals surface area (Å²) in [6, 6.07) is 14.0. The van der Waals surface area contributed by atoms with Gasteiger partial charge < -0.3 is 0 Å². The Kier molecular flexibility index (Phi) is 4.69. The van der Waals surface area contributed by atoms with Crippen LogP contribution in [0.25, 0.3) is 11.3 Å². The number of hydrogen-bond donors (Lipinski definition) is 0. The Morgan fingerprint density at radius 2 is 1.87 bits per heavy atom. The van der Waals surface area contributed by atoms with Crippen molar-refractivity contribution < 1.29 is 4.39 Å². The van der Waals surface area contributed by atoms with Crippen LogP contribution in [-0.4, -0.2) is 17.9 Å². The standard InChI is InChI=1S/C17H13ClFN3S/c1-20-17-22(21-10-12-6-2-4-8-14(12)18)16(11-23-17)13-7-3-5-9-15(13)19/h2-11H,1H3. The number of thiazole rings is 1. The Balaban J connectivity index is 2.11. The minimum Gasteiger partial charge on any atom is -0.261 e. The minimum atomic E-state index is -0.297. The van der Waals surface area contributed by atoms with Gasteiger partial charge in [0.15, 0.2) is 0 Å². The molecule has 0 saturated carbocycles. The molecule has 0 saturated heterocycles. The van der Waals surface area contributed by atoms with Gasteiger partial charge in [0, 0.05) is 28.6 Å². The Morgan fingerprint density at radius 3 is 2.61 bits per heavy atom. The Morgan fingerprint density at radius 1 is 1.13 bits per heavy atom. The summed E-state index contributed by atoms with van der Waals surface area (Å²) in [6.45, 7) is 0. The highest BCUT2D eigenvalue weighted by Gasteiger charge is 2.11. The molecule has 0 aliphatic rings. The van der Waals surface area contributed by atoms with Crippen molar-refractivity contribution in [2.24, 2.45) is 10.1 Å². The lowest BCUT2D eigenvalue weighted by Crippen LogP contribution is -2.11. The van der Waals surface area contributed by atoms with Gasteiger partial charge in [0.2, 0.25) is 4.80 Å². The van der Waals surface area contributed by atoms with E-state index in [1.54, 1.807) is 42.2 Å². The number of rotatable bonds is 3. The number of hydrogen-bond acceptors (Lipinski definition) is 3. The van der Waals surface area contributed by atoms with Gasteiger partial charge >= 0.3 is 0 Å². The van der Waals surface area contributed by atoms with Gasteiger partial charge in [0.05, 0.1) is 11.9 Å². The summed E-state index contributed by atoms with van der Waals surface area (Å²) in [4.78, 5) is 4.87. The third-order valence-electron chi connectivity index (χ3n) is 3.24. The topological polar surface area (TPSA) is 29.6 Å². The fourth-order valence-corrected chi connectivity index (χ4v) is 3.10. The second-order valence-electron chi connectivity index (χ2n) is 4.68. The highest BCUT2D eigenvalue weighted by molar-refractivity contribution is 7.07. The van der Waals surface area contributed by atoms with Crippen molar-refractivity contribution in [3.8, 4) is 11.3 Å². The lowest BCUT2D eigenvalue weighted by atomic mass is 10.1. The fourth-order valence-electron chi connectivity index (χ4n) is 2.12. The largest absolute Gasteiger partial charge is 0.261 e. The Hall–Kier alpha value is -2.24. The van der Waals surface area contributed by atoms with E-state index in [0.29, 0.717) is 21.1 Å². The molecule has 0 N–H and O–H groups in total. The predicted molar refractivity (Wildman–Crippen MR) is 93.6 cm³/mol. The fraction of sp³-hybridized carbons (Fsp3) is 0.0588. The maximum atomic E-state index is 14.1. The average Bonchev–Trinajstić information content (AvgIpc) is 2.97. The van der Waals surface area contributed by atoms with Crippen molar-refractivity contribution >= 4 is 29.2 Å². The van der Waals surface area contributed by atoms with E-state index in [1.165, 1.54) is 17.4 Å². The molecule has 0 radical (unpaired) electrons. The van der Waals surface area contributed by atoms with E-state index in [2.05, 4.69) is 10.1 Å². The van der Waals surface area contributed by atoms with Gasteiger partial charge in [-0.05, 0) is 18.2 Å². The number of nitrogens with zero attached hydrogens (tertiary/aromatic N) is 3. The van der Waals surface area contributed by atoms with Crippen LogP contribution in [0.15, 0.2) is 64.0 Å². The molecule has 116 valence electrons. The van der Waals surface area contributed by atoms with Crippen LogP contribution in [0.2, 0.25) is 5.02 Å². The first-order valence-electron chi connectivity index (χ1n) is 6.88. The summed E-state index contributed by atoms with van der Waals surface area (Å²) >= 11 is 7.54. The van der Waals surface area contributed by atoms with Crippen LogP contribution < -0.4 is 4.80 Å². The van der Waals surface area contributed by atoms with E-state index in [-0.39, 0.29) is 5.82 Å². The van der Waals surface area contributed by atoms with Gasteiger partial charge in [-0.15, -0.1) is 11.3 Å². The number of benzene rings is 2. The van der Waals surface area contributed by atoms with Crippen LogP contribution in [0.4, 0.5) is 4.39 Å². The molecule has 0 aliphatic carbocycles. The summed E-state index contributed by atoms with van der Waals surface area (Å²) in [5, 5.41) is 6.89. The van der Waals surface area contributed by atoms with Gasteiger partial charge in [0.25, 0.3) is 0 Å². The first-order chi connectivity index (χ1) is 11.2. The Labute approximate surface area is 142 Å². The first-order valence-corrected chi connectivity index (χ1v) is 8.13. The molecule has 0 aliphatic heterocycles. The quantitative estimate of drug-likeness (QED) is 0.629. The number of aromatic nitrogens is 1. The monoisotopic (exact) mass is 345 g/mol. The molecule has 2 aromatic carbocycles. The maximum Gasteiger partial charge on any atom is 0.205 e. The molecular formula is C17H13ClFN3S. The van der Waals surface area contributed by atoms with Gasteiger partial charge in [-0.25, -0.2) is 9.07 Å². The summed E-state index contributed by atoms with van der Waals surface area (Å²) in [5.41, 5.74) is 1.92. The first kappa shape index (κ1) is 15.6. The molecule has 0 unspecified atom stereocenters. The Bertz CT molecular complexity index is 927. The van der Waals surface area contributed by atoms with Gasteiger partial charge in [0.1, 0.15) is 5.82 Å². The van der Waals surface area contributed by atoms with Crippen molar-refractivity contribution in [1.29, 1.82) is 0 Å². The van der Waals surface area contributed by atoms with Crippen molar-refractivity contribution in [3.05, 3.63) is 75.1 Å². The molecule has 0 spiro atoms. The zero-order valence-corrected chi connectivity index (χ0v) is 13.9. The van der Waals surface area contributed by atoms with E-state index >= 15 is 0 Å². The molecule has 23 heavy (non-hydrogen) atoms. The van der Waals surface area contributed by atoms with Gasteiger partial charge in [-0.1, -0.05) is 41.9 Å².